The van der Waals surface area contributed by atoms with E-state index in [0.29, 0.717) is 17.0 Å². The van der Waals surface area contributed by atoms with Gasteiger partial charge in [-0.15, -0.1) is 0 Å². The molecule has 1 atom stereocenters. The highest BCUT2D eigenvalue weighted by molar-refractivity contribution is 5.89. The van der Waals surface area contributed by atoms with Gasteiger partial charge in [0.2, 0.25) is 0 Å². The number of halogens is 1. The Kier molecular flexibility index (Phi) is 5.16. The summed E-state index contributed by atoms with van der Waals surface area (Å²) in [5.74, 6) is 1.17. The van der Waals surface area contributed by atoms with Crippen molar-refractivity contribution in [3.8, 4) is 0 Å². The minimum Gasteiger partial charge on any atom is -0.338 e. The minimum atomic E-state index is -0.295. The summed E-state index contributed by atoms with van der Waals surface area (Å²) in [6.45, 7) is 4.32. The second-order valence-corrected chi connectivity index (χ2v) is 8.60. The van der Waals surface area contributed by atoms with E-state index in [1.165, 1.54) is 70.2 Å². The van der Waals surface area contributed by atoms with Crippen LogP contribution in [0.4, 0.5) is 14.9 Å². The summed E-state index contributed by atoms with van der Waals surface area (Å²) >= 11 is 0. The van der Waals surface area contributed by atoms with Gasteiger partial charge in [-0.25, -0.2) is 9.18 Å². The Morgan fingerprint density at radius 1 is 1.15 bits per heavy atom. The first-order valence-electron chi connectivity index (χ1n) is 10.2. The predicted octanol–water partition coefficient (Wildman–Crippen LogP) is 4.24. The van der Waals surface area contributed by atoms with Crippen LogP contribution in [-0.4, -0.2) is 37.1 Å². The average molecular weight is 359 g/mol. The maximum atomic E-state index is 13.0. The second-order valence-electron chi connectivity index (χ2n) is 8.60. The van der Waals surface area contributed by atoms with Crippen LogP contribution < -0.4 is 10.6 Å². The van der Waals surface area contributed by atoms with Crippen molar-refractivity contribution in [2.45, 2.75) is 44.9 Å². The average Bonchev–Trinajstić information content (AvgIpc) is 3.39. The molecule has 2 amide bonds. The summed E-state index contributed by atoms with van der Waals surface area (Å²) in [4.78, 5) is 14.9. The van der Waals surface area contributed by atoms with Crippen molar-refractivity contribution >= 4 is 11.7 Å². The standard InChI is InChI=1S/C21H30FN3O/c22-18-6-8-19(9-7-18)24-20(26)23-12-17-14-25(13-16-4-5-16)15-21(17)10-2-1-3-11-21/h6-9,16-17H,1-5,10-15H2,(H2,23,24,26). The van der Waals surface area contributed by atoms with Crippen LogP contribution in [0.3, 0.4) is 0 Å². The Labute approximate surface area is 155 Å². The van der Waals surface area contributed by atoms with Crippen molar-refractivity contribution in [3.05, 3.63) is 30.1 Å². The number of carbonyl (C=O) groups excluding carboxylic acids is 1. The van der Waals surface area contributed by atoms with Crippen molar-refractivity contribution in [1.29, 1.82) is 0 Å². The van der Waals surface area contributed by atoms with E-state index in [1.807, 2.05) is 0 Å². The molecular weight excluding hydrogens is 329 g/mol. The zero-order valence-corrected chi connectivity index (χ0v) is 15.5. The summed E-state index contributed by atoms with van der Waals surface area (Å²) in [6.07, 6.45) is 9.42. The van der Waals surface area contributed by atoms with Crippen molar-refractivity contribution in [1.82, 2.24) is 10.2 Å². The van der Waals surface area contributed by atoms with E-state index in [4.69, 9.17) is 0 Å². The molecule has 3 fully saturated rings. The van der Waals surface area contributed by atoms with E-state index >= 15 is 0 Å². The molecule has 1 unspecified atom stereocenters. The first-order chi connectivity index (χ1) is 12.6. The Morgan fingerprint density at radius 2 is 1.88 bits per heavy atom. The van der Waals surface area contributed by atoms with Gasteiger partial charge in [-0.05, 0) is 67.2 Å². The van der Waals surface area contributed by atoms with Crippen molar-refractivity contribution in [3.63, 3.8) is 0 Å². The van der Waals surface area contributed by atoms with Crippen molar-refractivity contribution < 1.29 is 9.18 Å². The molecule has 4 nitrogen and oxygen atoms in total. The topological polar surface area (TPSA) is 44.4 Å². The first kappa shape index (κ1) is 17.8. The fourth-order valence-electron chi connectivity index (χ4n) is 4.98. The third-order valence-corrected chi connectivity index (χ3v) is 6.56. The van der Waals surface area contributed by atoms with Gasteiger partial charge >= 0.3 is 6.03 Å². The molecule has 1 spiro atoms. The Balaban J connectivity index is 1.33. The molecule has 0 aromatic heterocycles. The molecule has 1 saturated heterocycles. The van der Waals surface area contributed by atoms with E-state index in [-0.39, 0.29) is 11.8 Å². The van der Waals surface area contributed by atoms with Crippen LogP contribution in [-0.2, 0) is 0 Å². The van der Waals surface area contributed by atoms with Crippen LogP contribution in [0.5, 0.6) is 0 Å². The molecular formula is C21H30FN3O. The Bertz CT molecular complexity index is 623. The van der Waals surface area contributed by atoms with E-state index in [1.54, 1.807) is 12.1 Å². The van der Waals surface area contributed by atoms with Crippen molar-refractivity contribution in [2.75, 3.05) is 31.5 Å². The summed E-state index contributed by atoms with van der Waals surface area (Å²) in [5, 5.41) is 5.89. The van der Waals surface area contributed by atoms with E-state index in [9.17, 15) is 9.18 Å². The number of amides is 2. The number of likely N-dealkylation sites (tertiary alicyclic amines) is 1. The Morgan fingerprint density at radius 3 is 2.58 bits per heavy atom. The fourth-order valence-corrected chi connectivity index (χ4v) is 4.98. The number of carbonyl (C=O) groups is 1. The van der Waals surface area contributed by atoms with Crippen LogP contribution in [0.1, 0.15) is 44.9 Å². The smallest absolute Gasteiger partial charge is 0.319 e. The summed E-state index contributed by atoms with van der Waals surface area (Å²) < 4.78 is 13.0. The third-order valence-electron chi connectivity index (χ3n) is 6.56. The van der Waals surface area contributed by atoms with Gasteiger partial charge in [0.1, 0.15) is 5.82 Å². The number of hydrogen-bond acceptors (Lipinski definition) is 2. The maximum absolute atomic E-state index is 13.0. The van der Waals surface area contributed by atoms with Crippen molar-refractivity contribution in [2.24, 2.45) is 17.3 Å². The number of urea groups is 1. The molecule has 4 rings (SSSR count). The molecule has 2 saturated carbocycles. The quantitative estimate of drug-likeness (QED) is 0.826. The number of nitrogens with one attached hydrogen (secondary N) is 2. The number of benzene rings is 1. The molecule has 2 aliphatic carbocycles. The van der Waals surface area contributed by atoms with Gasteiger partial charge in [0, 0.05) is 31.9 Å². The van der Waals surface area contributed by atoms with Crippen LogP contribution in [0.2, 0.25) is 0 Å². The SMILES string of the molecule is O=C(NCC1CN(CC2CC2)CC12CCCCC2)Nc1ccc(F)cc1. The monoisotopic (exact) mass is 359 g/mol. The van der Waals surface area contributed by atoms with Gasteiger partial charge < -0.3 is 15.5 Å². The lowest BCUT2D eigenvalue weighted by Gasteiger charge is -2.38. The molecule has 5 heteroatoms. The molecule has 3 aliphatic rings. The van der Waals surface area contributed by atoms with Crippen LogP contribution in [0, 0.1) is 23.1 Å². The molecule has 1 aliphatic heterocycles. The Hall–Kier alpha value is -1.62. The molecule has 0 bridgehead atoms. The van der Waals surface area contributed by atoms with Gasteiger partial charge in [-0.2, -0.15) is 0 Å². The molecule has 1 aromatic rings. The normalized spacial score (nSPS) is 25.3. The number of anilines is 1. The third kappa shape index (κ3) is 4.20. The predicted molar refractivity (Wildman–Crippen MR) is 102 cm³/mol. The number of hydrogen-bond donors (Lipinski definition) is 2. The summed E-state index contributed by atoms with van der Waals surface area (Å²) in [6, 6.07) is 5.71. The first-order valence-corrected chi connectivity index (χ1v) is 10.2. The molecule has 26 heavy (non-hydrogen) atoms. The highest BCUT2D eigenvalue weighted by atomic mass is 19.1. The van der Waals surface area contributed by atoms with Crippen LogP contribution >= 0.6 is 0 Å². The lowest BCUT2D eigenvalue weighted by molar-refractivity contribution is 0.138. The van der Waals surface area contributed by atoms with Crippen LogP contribution in [0.25, 0.3) is 0 Å². The molecule has 142 valence electrons. The summed E-state index contributed by atoms with van der Waals surface area (Å²) in [7, 11) is 0. The highest BCUT2D eigenvalue weighted by Crippen LogP contribution is 2.48. The van der Waals surface area contributed by atoms with Gasteiger partial charge in [-0.1, -0.05) is 19.3 Å². The fraction of sp³-hybridized carbons (Fsp3) is 0.667. The molecule has 2 N–H and O–H groups in total. The number of rotatable bonds is 5. The zero-order valence-electron chi connectivity index (χ0n) is 15.5. The zero-order chi connectivity index (χ0) is 18.0. The molecule has 0 radical (unpaired) electrons. The lowest BCUT2D eigenvalue weighted by Crippen LogP contribution is -2.41. The molecule has 1 heterocycles. The largest absolute Gasteiger partial charge is 0.338 e. The molecule has 1 aromatic carbocycles. The second kappa shape index (κ2) is 7.55. The van der Waals surface area contributed by atoms with E-state index < -0.39 is 0 Å². The van der Waals surface area contributed by atoms with E-state index in [2.05, 4.69) is 15.5 Å². The van der Waals surface area contributed by atoms with Gasteiger partial charge in [0.15, 0.2) is 0 Å². The van der Waals surface area contributed by atoms with Gasteiger partial charge in [0.05, 0.1) is 0 Å². The maximum Gasteiger partial charge on any atom is 0.319 e. The lowest BCUT2D eigenvalue weighted by atomic mass is 9.68. The van der Waals surface area contributed by atoms with E-state index in [0.717, 1.165) is 19.0 Å². The van der Waals surface area contributed by atoms with Gasteiger partial charge in [-0.3, -0.25) is 0 Å². The highest BCUT2D eigenvalue weighted by Gasteiger charge is 2.47. The van der Waals surface area contributed by atoms with Crippen LogP contribution in [0.15, 0.2) is 24.3 Å². The number of nitrogens with zero attached hydrogens (tertiary/aromatic N) is 1. The van der Waals surface area contributed by atoms with Gasteiger partial charge in [0.25, 0.3) is 0 Å². The summed E-state index contributed by atoms with van der Waals surface area (Å²) in [5.41, 5.74) is 1.02. The minimum absolute atomic E-state index is 0.191.